The standard InChI is InChI=1S/C17H17BF2N3O2/c1-11-10-12(2)22-17(11)16(13-5-7-14(8-6-13)23(24)25)15-4-3-9-21(15)18(22,19)20/h3-8,10,15-16H,9H2,1-2H3/q-1. The number of hydrogen-bond donors (Lipinski definition) is 0. The van der Waals surface area contributed by atoms with E-state index in [9.17, 15) is 10.1 Å². The monoisotopic (exact) mass is 344 g/mol. The highest BCUT2D eigenvalue weighted by Crippen LogP contribution is 2.45. The molecule has 130 valence electrons. The van der Waals surface area contributed by atoms with Gasteiger partial charge in [0.1, 0.15) is 0 Å². The zero-order valence-corrected chi connectivity index (χ0v) is 13.9. The van der Waals surface area contributed by atoms with E-state index in [0.717, 1.165) is 11.1 Å². The van der Waals surface area contributed by atoms with Crippen LogP contribution >= 0.6 is 0 Å². The Balaban J connectivity index is 1.92. The van der Waals surface area contributed by atoms with Gasteiger partial charge in [-0.05, 0) is 49.0 Å². The number of fused-ring (bicyclic) bond motifs is 2. The summed E-state index contributed by atoms with van der Waals surface area (Å²) < 4.78 is 31.4. The minimum Gasteiger partial charge on any atom is -0.453 e. The summed E-state index contributed by atoms with van der Waals surface area (Å²) in [6.45, 7) is -0.111. The van der Waals surface area contributed by atoms with Crippen LogP contribution in [0.1, 0.15) is 28.4 Å². The number of aromatic nitrogens is 1. The first kappa shape index (κ1) is 16.0. The number of hydrogen-bond acceptors (Lipinski definition) is 3. The summed E-state index contributed by atoms with van der Waals surface area (Å²) in [5.74, 6) is -0.283. The van der Waals surface area contributed by atoms with Gasteiger partial charge in [0.25, 0.3) is 5.69 Å². The molecule has 2 atom stereocenters. The number of benzene rings is 1. The van der Waals surface area contributed by atoms with Crippen LogP contribution in [0.2, 0.25) is 0 Å². The minimum absolute atomic E-state index is 0.00351. The summed E-state index contributed by atoms with van der Waals surface area (Å²) in [5.41, 5.74) is 2.76. The normalized spacial score (nSPS) is 24.2. The lowest BCUT2D eigenvalue weighted by Gasteiger charge is -2.51. The maximum atomic E-state index is 15.1. The summed E-state index contributed by atoms with van der Waals surface area (Å²) in [4.78, 5) is 11.7. The Morgan fingerprint density at radius 3 is 2.56 bits per heavy atom. The second-order valence-corrected chi connectivity index (χ2v) is 6.75. The quantitative estimate of drug-likeness (QED) is 0.362. The Bertz CT molecular complexity index is 892. The van der Waals surface area contributed by atoms with E-state index in [0.29, 0.717) is 11.4 Å². The van der Waals surface area contributed by atoms with Crippen molar-refractivity contribution in [2.24, 2.45) is 0 Å². The lowest BCUT2D eigenvalue weighted by Crippen LogP contribution is -2.61. The van der Waals surface area contributed by atoms with Crippen LogP contribution in [0.15, 0.2) is 42.5 Å². The average molecular weight is 344 g/mol. The van der Waals surface area contributed by atoms with Crippen LogP contribution in [0.4, 0.5) is 14.3 Å². The zero-order valence-electron chi connectivity index (χ0n) is 13.9. The Kier molecular flexibility index (Phi) is 3.37. The predicted octanol–water partition coefficient (Wildman–Crippen LogP) is 3.62. The number of halogens is 2. The highest BCUT2D eigenvalue weighted by molar-refractivity contribution is 6.62. The van der Waals surface area contributed by atoms with Crippen LogP contribution in [-0.2, 0) is 0 Å². The minimum atomic E-state index is -3.86. The molecule has 0 aliphatic carbocycles. The second kappa shape index (κ2) is 5.26. The molecule has 25 heavy (non-hydrogen) atoms. The van der Waals surface area contributed by atoms with Gasteiger partial charge >= 0.3 is 6.97 Å². The first-order valence-corrected chi connectivity index (χ1v) is 8.20. The van der Waals surface area contributed by atoms with Crippen LogP contribution in [0.3, 0.4) is 0 Å². The Morgan fingerprint density at radius 1 is 1.24 bits per heavy atom. The van der Waals surface area contributed by atoms with E-state index < -0.39 is 17.9 Å². The zero-order chi connectivity index (χ0) is 17.9. The maximum Gasteiger partial charge on any atom is 0.499 e. The average Bonchev–Trinajstić information content (AvgIpc) is 3.14. The van der Waals surface area contributed by atoms with E-state index in [-0.39, 0.29) is 18.2 Å². The van der Waals surface area contributed by atoms with Gasteiger partial charge in [0.15, 0.2) is 0 Å². The van der Waals surface area contributed by atoms with Gasteiger partial charge in [-0.1, -0.05) is 24.3 Å². The number of non-ortho nitro benzene ring substituents is 1. The molecule has 4 rings (SSSR count). The molecule has 0 N–H and O–H groups in total. The van der Waals surface area contributed by atoms with Gasteiger partial charge < -0.3 is 17.9 Å². The van der Waals surface area contributed by atoms with Crippen molar-refractivity contribution in [1.29, 1.82) is 0 Å². The van der Waals surface area contributed by atoms with Crippen molar-refractivity contribution in [1.82, 2.24) is 9.29 Å². The topological polar surface area (TPSA) is 51.3 Å². The summed E-state index contributed by atoms with van der Waals surface area (Å²) >= 11 is 0. The smallest absolute Gasteiger partial charge is 0.453 e. The van der Waals surface area contributed by atoms with E-state index >= 15 is 8.63 Å². The van der Waals surface area contributed by atoms with Crippen molar-refractivity contribution in [3.8, 4) is 0 Å². The maximum absolute atomic E-state index is 15.1. The van der Waals surface area contributed by atoms with E-state index in [1.165, 1.54) is 21.4 Å². The van der Waals surface area contributed by atoms with Crippen molar-refractivity contribution in [3.05, 3.63) is 75.1 Å². The molecule has 8 heteroatoms. The van der Waals surface area contributed by atoms with Gasteiger partial charge in [-0.25, -0.2) is 0 Å². The SMILES string of the molecule is Cc1cc(C)n2c1C(c1ccc([N+](=O)[O-])cc1)C1C=CCN1[B-]2(F)F. The lowest BCUT2D eigenvalue weighted by atomic mass is 9.76. The molecule has 0 fully saturated rings. The van der Waals surface area contributed by atoms with Crippen LogP contribution in [0.25, 0.3) is 0 Å². The molecule has 1 aromatic heterocycles. The third kappa shape index (κ3) is 2.17. The van der Waals surface area contributed by atoms with Crippen molar-refractivity contribution in [3.63, 3.8) is 0 Å². The highest BCUT2D eigenvalue weighted by atomic mass is 19.2. The Labute approximate surface area is 143 Å². The van der Waals surface area contributed by atoms with Crippen LogP contribution in [0, 0.1) is 24.0 Å². The number of aryl methyl sites for hydroxylation is 2. The molecule has 2 unspecified atom stereocenters. The van der Waals surface area contributed by atoms with E-state index in [1.807, 2.05) is 13.0 Å². The van der Waals surface area contributed by atoms with Gasteiger partial charge in [0.2, 0.25) is 0 Å². The molecule has 2 aromatic rings. The van der Waals surface area contributed by atoms with Crippen molar-refractivity contribution in [2.75, 3.05) is 6.54 Å². The molecule has 2 aliphatic rings. The molecule has 0 saturated carbocycles. The molecular formula is C17H17BF2N3O2-. The molecule has 3 heterocycles. The largest absolute Gasteiger partial charge is 0.499 e. The summed E-state index contributed by atoms with van der Waals surface area (Å²) in [5, 5.41) is 10.9. The van der Waals surface area contributed by atoms with Gasteiger partial charge in [0.05, 0.1) is 4.92 Å². The highest BCUT2D eigenvalue weighted by Gasteiger charge is 2.49. The van der Waals surface area contributed by atoms with Gasteiger partial charge in [-0.2, -0.15) is 0 Å². The first-order chi connectivity index (χ1) is 11.8. The number of nitro benzene ring substituents is 1. The predicted molar refractivity (Wildman–Crippen MR) is 91.8 cm³/mol. The van der Waals surface area contributed by atoms with Crippen LogP contribution < -0.4 is 0 Å². The van der Waals surface area contributed by atoms with Crippen molar-refractivity contribution >= 4 is 12.7 Å². The molecule has 0 amide bonds. The summed E-state index contributed by atoms with van der Waals surface area (Å²) in [6.07, 6.45) is 3.60. The fourth-order valence-corrected chi connectivity index (χ4v) is 4.30. The fourth-order valence-electron chi connectivity index (χ4n) is 4.30. The van der Waals surface area contributed by atoms with Gasteiger partial charge in [-0.3, -0.25) is 10.1 Å². The molecule has 0 bridgehead atoms. The number of nitrogens with zero attached hydrogens (tertiary/aromatic N) is 3. The molecular weight excluding hydrogens is 327 g/mol. The van der Waals surface area contributed by atoms with Crippen molar-refractivity contribution < 1.29 is 13.6 Å². The fraction of sp³-hybridized carbons (Fsp3) is 0.294. The Morgan fingerprint density at radius 2 is 1.92 bits per heavy atom. The molecule has 0 saturated heterocycles. The van der Waals surface area contributed by atoms with Gasteiger partial charge in [0, 0.05) is 24.1 Å². The molecule has 5 nitrogen and oxygen atoms in total. The summed E-state index contributed by atoms with van der Waals surface area (Å²) in [7, 11) is 0. The van der Waals surface area contributed by atoms with Gasteiger partial charge in [-0.15, -0.1) is 0 Å². The third-order valence-corrected chi connectivity index (χ3v) is 5.31. The molecule has 0 radical (unpaired) electrons. The summed E-state index contributed by atoms with van der Waals surface area (Å²) in [6, 6.07) is 7.56. The lowest BCUT2D eigenvalue weighted by molar-refractivity contribution is -0.384. The molecule has 1 aromatic carbocycles. The van der Waals surface area contributed by atoms with E-state index in [4.69, 9.17) is 0 Å². The van der Waals surface area contributed by atoms with E-state index in [1.54, 1.807) is 31.2 Å². The molecule has 2 aliphatic heterocycles. The van der Waals surface area contributed by atoms with Crippen molar-refractivity contribution in [2.45, 2.75) is 25.8 Å². The third-order valence-electron chi connectivity index (χ3n) is 5.31. The van der Waals surface area contributed by atoms with Crippen LogP contribution in [0.5, 0.6) is 0 Å². The number of rotatable bonds is 2. The van der Waals surface area contributed by atoms with E-state index in [2.05, 4.69) is 0 Å². The Hall–Kier alpha value is -2.48. The van der Waals surface area contributed by atoms with Crippen LogP contribution in [-0.4, -0.2) is 33.8 Å². The second-order valence-electron chi connectivity index (χ2n) is 6.75. The number of nitro groups is 1. The molecule has 0 spiro atoms. The first-order valence-electron chi connectivity index (χ1n) is 8.20.